The van der Waals surface area contributed by atoms with Crippen LogP contribution in [0.1, 0.15) is 10.6 Å². The van der Waals surface area contributed by atoms with E-state index in [-0.39, 0.29) is 27.0 Å². The van der Waals surface area contributed by atoms with Gasteiger partial charge in [-0.15, -0.1) is 11.3 Å². The number of hydrogen-bond donors (Lipinski definition) is 1. The van der Waals surface area contributed by atoms with Crippen molar-refractivity contribution in [3.05, 3.63) is 39.6 Å². The molecule has 2 rings (SSSR count). The monoisotopic (exact) mass is 324 g/mol. The molecule has 0 saturated carbocycles. The minimum Gasteiger partial charge on any atom is -0.315 e. The SMILES string of the molecule is CNCc1sc(-c2cccc(Cl)c2F)nc1C(F)(F)F. The highest BCUT2D eigenvalue weighted by molar-refractivity contribution is 7.15. The molecule has 0 radical (unpaired) electrons. The highest BCUT2D eigenvalue weighted by atomic mass is 35.5. The minimum absolute atomic E-state index is 0.00863. The van der Waals surface area contributed by atoms with Gasteiger partial charge in [0.2, 0.25) is 0 Å². The molecule has 0 spiro atoms. The van der Waals surface area contributed by atoms with Crippen LogP contribution < -0.4 is 5.32 Å². The predicted octanol–water partition coefficient (Wildman–Crippen LogP) is 4.34. The summed E-state index contributed by atoms with van der Waals surface area (Å²) >= 11 is 6.42. The topological polar surface area (TPSA) is 24.9 Å². The van der Waals surface area contributed by atoms with E-state index in [1.807, 2.05) is 0 Å². The molecule has 2 aromatic rings. The third-order valence-electron chi connectivity index (χ3n) is 2.49. The van der Waals surface area contributed by atoms with E-state index in [9.17, 15) is 17.6 Å². The van der Waals surface area contributed by atoms with Gasteiger partial charge < -0.3 is 5.32 Å². The second kappa shape index (κ2) is 5.67. The average Bonchev–Trinajstić information content (AvgIpc) is 2.77. The first-order valence-corrected chi connectivity index (χ1v) is 6.70. The van der Waals surface area contributed by atoms with Gasteiger partial charge in [0.1, 0.15) is 5.01 Å². The van der Waals surface area contributed by atoms with Crippen LogP contribution in [0.3, 0.4) is 0 Å². The molecule has 1 aromatic heterocycles. The van der Waals surface area contributed by atoms with Crippen LogP contribution in [0.4, 0.5) is 17.6 Å². The number of nitrogens with one attached hydrogen (secondary N) is 1. The van der Waals surface area contributed by atoms with Crippen LogP contribution in [0.15, 0.2) is 18.2 Å². The smallest absolute Gasteiger partial charge is 0.315 e. The summed E-state index contributed by atoms with van der Waals surface area (Å²) in [7, 11) is 1.53. The lowest BCUT2D eigenvalue weighted by Crippen LogP contribution is -2.12. The van der Waals surface area contributed by atoms with E-state index in [2.05, 4.69) is 10.3 Å². The normalized spacial score (nSPS) is 11.9. The Morgan fingerprint density at radius 1 is 1.35 bits per heavy atom. The molecule has 108 valence electrons. The van der Waals surface area contributed by atoms with Crippen molar-refractivity contribution in [2.75, 3.05) is 7.05 Å². The van der Waals surface area contributed by atoms with Crippen LogP contribution in [-0.4, -0.2) is 12.0 Å². The molecule has 0 saturated heterocycles. The molecule has 8 heteroatoms. The van der Waals surface area contributed by atoms with E-state index in [0.29, 0.717) is 0 Å². The fourth-order valence-corrected chi connectivity index (χ4v) is 2.92. The van der Waals surface area contributed by atoms with Gasteiger partial charge in [0.25, 0.3) is 0 Å². The van der Waals surface area contributed by atoms with Crippen LogP contribution in [0.25, 0.3) is 10.6 Å². The van der Waals surface area contributed by atoms with Gasteiger partial charge in [-0.3, -0.25) is 0 Å². The lowest BCUT2D eigenvalue weighted by Gasteiger charge is -2.04. The summed E-state index contributed by atoms with van der Waals surface area (Å²) in [6.45, 7) is 0.00863. The van der Waals surface area contributed by atoms with Crippen molar-refractivity contribution < 1.29 is 17.6 Å². The van der Waals surface area contributed by atoms with Crippen molar-refractivity contribution in [1.29, 1.82) is 0 Å². The third kappa shape index (κ3) is 2.94. The summed E-state index contributed by atoms with van der Waals surface area (Å²) in [5.41, 5.74) is -1.03. The van der Waals surface area contributed by atoms with E-state index in [0.717, 1.165) is 11.3 Å². The van der Waals surface area contributed by atoms with Gasteiger partial charge in [-0.1, -0.05) is 17.7 Å². The first-order valence-electron chi connectivity index (χ1n) is 5.50. The summed E-state index contributed by atoms with van der Waals surface area (Å²) in [5.74, 6) is -0.771. The Hall–Kier alpha value is -1.18. The fraction of sp³-hybridized carbons (Fsp3) is 0.250. The van der Waals surface area contributed by atoms with Gasteiger partial charge in [0.05, 0.1) is 9.90 Å². The van der Waals surface area contributed by atoms with E-state index >= 15 is 0 Å². The highest BCUT2D eigenvalue weighted by Gasteiger charge is 2.37. The number of rotatable bonds is 3. The number of benzene rings is 1. The molecular formula is C12H9ClF4N2S. The molecule has 1 heterocycles. The van der Waals surface area contributed by atoms with Crippen molar-refractivity contribution >= 4 is 22.9 Å². The molecule has 0 fully saturated rings. The molecule has 0 atom stereocenters. The Morgan fingerprint density at radius 3 is 2.65 bits per heavy atom. The summed E-state index contributed by atoms with van der Waals surface area (Å²) < 4.78 is 52.5. The number of nitrogens with zero attached hydrogens (tertiary/aromatic N) is 1. The molecule has 0 bridgehead atoms. The van der Waals surface area contributed by atoms with Crippen LogP contribution in [0.2, 0.25) is 5.02 Å². The van der Waals surface area contributed by atoms with Crippen molar-refractivity contribution in [1.82, 2.24) is 10.3 Å². The molecule has 0 aliphatic rings. The Balaban J connectivity index is 2.56. The average molecular weight is 325 g/mol. The molecular weight excluding hydrogens is 316 g/mol. The Morgan fingerprint density at radius 2 is 2.05 bits per heavy atom. The number of alkyl halides is 3. The van der Waals surface area contributed by atoms with Gasteiger partial charge in [-0.2, -0.15) is 13.2 Å². The maximum Gasteiger partial charge on any atom is 0.434 e. The molecule has 20 heavy (non-hydrogen) atoms. The standard InChI is InChI=1S/C12H9ClF4N2S/c1-18-5-8-10(12(15,16)17)19-11(20-8)6-3-2-4-7(13)9(6)14/h2-4,18H,5H2,1H3. The molecule has 2 nitrogen and oxygen atoms in total. The zero-order valence-corrected chi connectivity index (χ0v) is 11.8. The zero-order chi connectivity index (χ0) is 14.9. The van der Waals surface area contributed by atoms with Crippen molar-refractivity contribution in [2.45, 2.75) is 12.7 Å². The molecule has 1 N–H and O–H groups in total. The maximum absolute atomic E-state index is 13.8. The fourth-order valence-electron chi connectivity index (χ4n) is 1.64. The maximum atomic E-state index is 13.8. The zero-order valence-electron chi connectivity index (χ0n) is 10.2. The number of halogens is 5. The van der Waals surface area contributed by atoms with Crippen LogP contribution in [0, 0.1) is 5.82 Å². The molecule has 0 unspecified atom stereocenters. The van der Waals surface area contributed by atoms with Crippen molar-refractivity contribution in [3.63, 3.8) is 0 Å². The van der Waals surface area contributed by atoms with Gasteiger partial charge in [0, 0.05) is 12.1 Å². The second-order valence-corrected chi connectivity index (χ2v) is 5.41. The second-order valence-electron chi connectivity index (χ2n) is 3.92. The van der Waals surface area contributed by atoms with Crippen molar-refractivity contribution in [3.8, 4) is 10.6 Å². The quantitative estimate of drug-likeness (QED) is 0.849. The summed E-state index contributed by atoms with van der Waals surface area (Å²) in [5, 5.41) is 2.45. The summed E-state index contributed by atoms with van der Waals surface area (Å²) in [6, 6.07) is 4.14. The van der Waals surface area contributed by atoms with Gasteiger partial charge in [-0.25, -0.2) is 9.37 Å². The first kappa shape index (κ1) is 15.2. The summed E-state index contributed by atoms with van der Waals surface area (Å²) in [4.78, 5) is 3.54. The number of hydrogen-bond acceptors (Lipinski definition) is 3. The Labute approximate surface area is 121 Å². The number of thiazole rings is 1. The lowest BCUT2D eigenvalue weighted by molar-refractivity contribution is -0.141. The first-order chi connectivity index (χ1) is 9.34. The van der Waals surface area contributed by atoms with E-state index < -0.39 is 17.7 Å². The summed E-state index contributed by atoms with van der Waals surface area (Å²) in [6.07, 6.45) is -4.57. The van der Waals surface area contributed by atoms with E-state index in [1.165, 1.54) is 25.2 Å². The molecule has 0 amide bonds. The third-order valence-corrected chi connectivity index (χ3v) is 3.87. The van der Waals surface area contributed by atoms with E-state index in [1.54, 1.807) is 0 Å². The van der Waals surface area contributed by atoms with Gasteiger partial charge >= 0.3 is 6.18 Å². The lowest BCUT2D eigenvalue weighted by atomic mass is 10.2. The molecule has 0 aliphatic carbocycles. The van der Waals surface area contributed by atoms with Gasteiger partial charge in [0.15, 0.2) is 11.5 Å². The Kier molecular flexibility index (Phi) is 4.31. The van der Waals surface area contributed by atoms with Gasteiger partial charge in [-0.05, 0) is 19.2 Å². The van der Waals surface area contributed by atoms with Crippen molar-refractivity contribution in [2.24, 2.45) is 0 Å². The van der Waals surface area contributed by atoms with Crippen LogP contribution in [-0.2, 0) is 12.7 Å². The molecule has 0 aliphatic heterocycles. The largest absolute Gasteiger partial charge is 0.434 e. The van der Waals surface area contributed by atoms with E-state index in [4.69, 9.17) is 11.6 Å². The Bertz CT molecular complexity index is 624. The predicted molar refractivity (Wildman–Crippen MR) is 70.3 cm³/mol. The number of aromatic nitrogens is 1. The minimum atomic E-state index is -4.57. The van der Waals surface area contributed by atoms with Crippen LogP contribution >= 0.6 is 22.9 Å². The highest BCUT2D eigenvalue weighted by Crippen LogP contribution is 2.39. The van der Waals surface area contributed by atoms with Crippen LogP contribution in [0.5, 0.6) is 0 Å². The molecule has 1 aromatic carbocycles.